The molecule has 0 radical (unpaired) electrons. The molecule has 0 bridgehead atoms. The first-order chi connectivity index (χ1) is 7.53. The molecule has 2 rings (SSSR count). The predicted molar refractivity (Wildman–Crippen MR) is 54.7 cm³/mol. The van der Waals surface area contributed by atoms with Crippen molar-refractivity contribution in [2.24, 2.45) is 0 Å². The van der Waals surface area contributed by atoms with E-state index in [2.05, 4.69) is 0 Å². The lowest BCUT2D eigenvalue weighted by atomic mass is 9.89. The van der Waals surface area contributed by atoms with Gasteiger partial charge in [-0.05, 0) is 30.5 Å². The van der Waals surface area contributed by atoms with Gasteiger partial charge >= 0.3 is 0 Å². The van der Waals surface area contributed by atoms with Crippen molar-refractivity contribution in [1.82, 2.24) is 0 Å². The van der Waals surface area contributed by atoms with Gasteiger partial charge in [0, 0.05) is 0 Å². The van der Waals surface area contributed by atoms with Crippen molar-refractivity contribution < 1.29 is 19.0 Å². The van der Waals surface area contributed by atoms with Crippen molar-refractivity contribution in [1.29, 1.82) is 0 Å². The van der Waals surface area contributed by atoms with Gasteiger partial charge in [-0.15, -0.1) is 0 Å². The Bertz CT molecular complexity index is 387. The Morgan fingerprint density at radius 1 is 1.12 bits per heavy atom. The first-order valence-electron chi connectivity index (χ1n) is 5.38. The molecule has 1 aromatic rings. The van der Waals surface area contributed by atoms with Crippen LogP contribution in [-0.2, 0) is 0 Å². The van der Waals surface area contributed by atoms with E-state index in [1.807, 2.05) is 0 Å². The minimum Gasteiger partial charge on any atom is -0.387 e. The molecular formula is C12H14F2O2. The second-order valence-corrected chi connectivity index (χ2v) is 4.39. The van der Waals surface area contributed by atoms with E-state index in [4.69, 9.17) is 0 Å². The Hall–Kier alpha value is -1.00. The van der Waals surface area contributed by atoms with E-state index in [1.165, 1.54) is 6.07 Å². The Morgan fingerprint density at radius 3 is 2.31 bits per heavy atom. The van der Waals surface area contributed by atoms with Crippen LogP contribution in [0, 0.1) is 11.6 Å². The summed E-state index contributed by atoms with van der Waals surface area (Å²) in [5, 5.41) is 20.1. The van der Waals surface area contributed by atoms with E-state index in [9.17, 15) is 19.0 Å². The maximum atomic E-state index is 13.0. The summed E-state index contributed by atoms with van der Waals surface area (Å²) in [6.07, 6.45) is 1.53. The van der Waals surface area contributed by atoms with Gasteiger partial charge in [-0.25, -0.2) is 8.78 Å². The molecule has 16 heavy (non-hydrogen) atoms. The molecule has 4 heteroatoms. The Kier molecular flexibility index (Phi) is 2.95. The number of aliphatic hydroxyl groups excluding tert-OH is 1. The van der Waals surface area contributed by atoms with Gasteiger partial charge < -0.3 is 10.2 Å². The van der Waals surface area contributed by atoms with E-state index in [1.54, 1.807) is 0 Å². The normalized spacial score (nSPS) is 21.0. The fourth-order valence-corrected chi connectivity index (χ4v) is 2.25. The van der Waals surface area contributed by atoms with Gasteiger partial charge in [-0.1, -0.05) is 18.9 Å². The zero-order valence-corrected chi connectivity index (χ0v) is 8.79. The lowest BCUT2D eigenvalue weighted by Gasteiger charge is -2.28. The molecule has 0 amide bonds. The molecule has 1 aromatic carbocycles. The summed E-state index contributed by atoms with van der Waals surface area (Å²) in [6, 6.07) is 3.21. The molecular weight excluding hydrogens is 214 g/mol. The minimum atomic E-state index is -1.19. The highest BCUT2D eigenvalue weighted by Gasteiger charge is 2.39. The van der Waals surface area contributed by atoms with Crippen molar-refractivity contribution in [2.45, 2.75) is 37.4 Å². The molecule has 0 saturated heterocycles. The lowest BCUT2D eigenvalue weighted by Crippen LogP contribution is -2.32. The molecule has 1 atom stereocenters. The topological polar surface area (TPSA) is 40.5 Å². The van der Waals surface area contributed by atoms with Crippen LogP contribution in [0.2, 0.25) is 0 Å². The third-order valence-electron chi connectivity index (χ3n) is 3.24. The number of hydrogen-bond acceptors (Lipinski definition) is 2. The Labute approximate surface area is 92.5 Å². The Balaban J connectivity index is 2.26. The van der Waals surface area contributed by atoms with Crippen LogP contribution in [0.25, 0.3) is 0 Å². The van der Waals surface area contributed by atoms with Crippen LogP contribution < -0.4 is 0 Å². The number of benzene rings is 1. The molecule has 0 aromatic heterocycles. The van der Waals surface area contributed by atoms with Gasteiger partial charge in [-0.2, -0.15) is 0 Å². The third-order valence-corrected chi connectivity index (χ3v) is 3.24. The average Bonchev–Trinajstić information content (AvgIpc) is 2.70. The number of hydrogen-bond donors (Lipinski definition) is 2. The van der Waals surface area contributed by atoms with Gasteiger partial charge in [0.1, 0.15) is 6.10 Å². The van der Waals surface area contributed by atoms with Crippen LogP contribution in [0.15, 0.2) is 18.2 Å². The summed E-state index contributed by atoms with van der Waals surface area (Å²) in [7, 11) is 0. The highest BCUT2D eigenvalue weighted by molar-refractivity contribution is 5.23. The molecule has 1 saturated carbocycles. The number of halogens is 2. The van der Waals surface area contributed by atoms with Crippen LogP contribution in [0.5, 0.6) is 0 Å². The summed E-state index contributed by atoms with van der Waals surface area (Å²) in [6.45, 7) is 0. The molecule has 1 aliphatic rings. The Morgan fingerprint density at radius 2 is 1.75 bits per heavy atom. The maximum absolute atomic E-state index is 13.0. The number of aliphatic hydroxyl groups is 2. The molecule has 88 valence electrons. The molecule has 0 spiro atoms. The van der Waals surface area contributed by atoms with E-state index in [0.29, 0.717) is 12.8 Å². The van der Waals surface area contributed by atoms with E-state index >= 15 is 0 Å². The summed E-state index contributed by atoms with van der Waals surface area (Å²) in [4.78, 5) is 0. The minimum absolute atomic E-state index is 0.225. The SMILES string of the molecule is OC(c1ccc(F)c(F)c1)C1(O)CCCC1. The largest absolute Gasteiger partial charge is 0.387 e. The van der Waals surface area contributed by atoms with Gasteiger partial charge in [0.05, 0.1) is 5.60 Å². The van der Waals surface area contributed by atoms with Crippen LogP contribution in [0.4, 0.5) is 8.78 Å². The first kappa shape index (κ1) is 11.5. The second-order valence-electron chi connectivity index (χ2n) is 4.39. The first-order valence-corrected chi connectivity index (χ1v) is 5.38. The predicted octanol–water partition coefficient (Wildman–Crippen LogP) is 2.30. The fraction of sp³-hybridized carbons (Fsp3) is 0.500. The standard InChI is InChI=1S/C12H14F2O2/c13-9-4-3-8(7-10(9)14)11(15)12(16)5-1-2-6-12/h3-4,7,11,15-16H,1-2,5-6H2. The van der Waals surface area contributed by atoms with Crippen LogP contribution in [-0.4, -0.2) is 15.8 Å². The molecule has 2 nitrogen and oxygen atoms in total. The lowest BCUT2D eigenvalue weighted by molar-refractivity contribution is -0.0720. The van der Waals surface area contributed by atoms with Crippen molar-refractivity contribution >= 4 is 0 Å². The third kappa shape index (κ3) is 1.95. The summed E-state index contributed by atoms with van der Waals surface area (Å²) >= 11 is 0. The van der Waals surface area contributed by atoms with E-state index < -0.39 is 23.3 Å². The quantitative estimate of drug-likeness (QED) is 0.815. The van der Waals surface area contributed by atoms with Gasteiger partial charge in [0.25, 0.3) is 0 Å². The zero-order chi connectivity index (χ0) is 11.8. The van der Waals surface area contributed by atoms with Gasteiger partial charge in [-0.3, -0.25) is 0 Å². The van der Waals surface area contributed by atoms with Crippen molar-refractivity contribution in [2.75, 3.05) is 0 Å². The van der Waals surface area contributed by atoms with Crippen molar-refractivity contribution in [3.8, 4) is 0 Å². The summed E-state index contributed by atoms with van der Waals surface area (Å²) in [5.41, 5.74) is -0.965. The van der Waals surface area contributed by atoms with Crippen LogP contribution in [0.3, 0.4) is 0 Å². The molecule has 2 N–H and O–H groups in total. The fourth-order valence-electron chi connectivity index (χ4n) is 2.25. The average molecular weight is 228 g/mol. The monoisotopic (exact) mass is 228 g/mol. The van der Waals surface area contributed by atoms with E-state index in [0.717, 1.165) is 25.0 Å². The molecule has 1 unspecified atom stereocenters. The smallest absolute Gasteiger partial charge is 0.159 e. The molecule has 1 aliphatic carbocycles. The zero-order valence-electron chi connectivity index (χ0n) is 8.79. The van der Waals surface area contributed by atoms with Crippen molar-refractivity contribution in [3.05, 3.63) is 35.4 Å². The second kappa shape index (κ2) is 4.11. The van der Waals surface area contributed by atoms with Gasteiger partial charge in [0.2, 0.25) is 0 Å². The van der Waals surface area contributed by atoms with Crippen LogP contribution >= 0.6 is 0 Å². The molecule has 0 aliphatic heterocycles. The highest BCUT2D eigenvalue weighted by Crippen LogP contribution is 2.39. The summed E-state index contributed by atoms with van der Waals surface area (Å²) < 4.78 is 25.7. The highest BCUT2D eigenvalue weighted by atomic mass is 19.2. The van der Waals surface area contributed by atoms with Crippen LogP contribution in [0.1, 0.15) is 37.4 Å². The number of rotatable bonds is 2. The van der Waals surface area contributed by atoms with Crippen molar-refractivity contribution in [3.63, 3.8) is 0 Å². The maximum Gasteiger partial charge on any atom is 0.159 e. The van der Waals surface area contributed by atoms with E-state index in [-0.39, 0.29) is 5.56 Å². The molecule has 0 heterocycles. The molecule has 1 fully saturated rings. The van der Waals surface area contributed by atoms with Gasteiger partial charge in [0.15, 0.2) is 11.6 Å². The summed E-state index contributed by atoms with van der Waals surface area (Å²) in [5.74, 6) is -1.95.